The summed E-state index contributed by atoms with van der Waals surface area (Å²) in [4.78, 5) is 22.9. The molecule has 5 nitrogen and oxygen atoms in total. The standard InChI is InChI=1S/C14H10ClFN2O3/c15-8-4-5-12(11(6-8)13(19)20)18-14(21)17-10-3-1-2-9(16)7-10/h1-7H,(H,19,20)(H2,17,18,21). The van der Waals surface area contributed by atoms with Crippen LogP contribution >= 0.6 is 11.6 Å². The Morgan fingerprint density at radius 1 is 1.10 bits per heavy atom. The highest BCUT2D eigenvalue weighted by Gasteiger charge is 2.13. The van der Waals surface area contributed by atoms with Gasteiger partial charge in [-0.15, -0.1) is 0 Å². The molecule has 0 aromatic heterocycles. The van der Waals surface area contributed by atoms with Crippen LogP contribution in [0.4, 0.5) is 20.6 Å². The van der Waals surface area contributed by atoms with Gasteiger partial charge in [-0.3, -0.25) is 0 Å². The Morgan fingerprint density at radius 2 is 1.86 bits per heavy atom. The van der Waals surface area contributed by atoms with Crippen molar-refractivity contribution in [1.82, 2.24) is 0 Å². The molecular weight excluding hydrogens is 299 g/mol. The topological polar surface area (TPSA) is 78.4 Å². The lowest BCUT2D eigenvalue weighted by molar-refractivity contribution is 0.0698. The first kappa shape index (κ1) is 14.8. The number of halogens is 2. The molecule has 0 aliphatic heterocycles. The fraction of sp³-hybridized carbons (Fsp3) is 0. The molecule has 108 valence electrons. The van der Waals surface area contributed by atoms with Crippen molar-refractivity contribution in [3.8, 4) is 0 Å². The van der Waals surface area contributed by atoms with Gasteiger partial charge in [0.05, 0.1) is 11.3 Å². The van der Waals surface area contributed by atoms with Crippen LogP contribution in [-0.2, 0) is 0 Å². The van der Waals surface area contributed by atoms with E-state index in [-0.39, 0.29) is 22.0 Å². The molecule has 2 amide bonds. The van der Waals surface area contributed by atoms with Gasteiger partial charge in [0.25, 0.3) is 0 Å². The lowest BCUT2D eigenvalue weighted by atomic mass is 10.2. The summed E-state index contributed by atoms with van der Waals surface area (Å²) in [6.07, 6.45) is 0. The van der Waals surface area contributed by atoms with Gasteiger partial charge in [-0.1, -0.05) is 17.7 Å². The number of hydrogen-bond acceptors (Lipinski definition) is 2. The average molecular weight is 309 g/mol. The number of amides is 2. The minimum absolute atomic E-state index is 0.0841. The Morgan fingerprint density at radius 3 is 2.52 bits per heavy atom. The third-order valence-electron chi connectivity index (χ3n) is 2.54. The second kappa shape index (κ2) is 6.23. The summed E-state index contributed by atoms with van der Waals surface area (Å²) >= 11 is 5.71. The molecule has 21 heavy (non-hydrogen) atoms. The molecule has 0 aliphatic carbocycles. The Labute approximate surface area is 124 Å². The number of urea groups is 1. The summed E-state index contributed by atoms with van der Waals surface area (Å²) in [6, 6.07) is 8.68. The van der Waals surface area contributed by atoms with Gasteiger partial charge >= 0.3 is 12.0 Å². The summed E-state index contributed by atoms with van der Waals surface area (Å²) in [5.41, 5.74) is 0.191. The first-order chi connectivity index (χ1) is 9.95. The van der Waals surface area contributed by atoms with Gasteiger partial charge in [0.1, 0.15) is 5.82 Å². The molecule has 0 bridgehead atoms. The maximum Gasteiger partial charge on any atom is 0.337 e. The summed E-state index contributed by atoms with van der Waals surface area (Å²) < 4.78 is 13.0. The molecule has 0 fully saturated rings. The van der Waals surface area contributed by atoms with E-state index in [1.807, 2.05) is 0 Å². The highest BCUT2D eigenvalue weighted by molar-refractivity contribution is 6.31. The number of carboxylic acid groups (broad SMARTS) is 1. The maximum absolute atomic E-state index is 13.0. The quantitative estimate of drug-likeness (QED) is 0.806. The second-order valence-corrected chi connectivity index (χ2v) is 4.52. The van der Waals surface area contributed by atoms with Crippen LogP contribution in [0.1, 0.15) is 10.4 Å². The molecule has 3 N–H and O–H groups in total. The number of hydrogen-bond donors (Lipinski definition) is 3. The third kappa shape index (κ3) is 3.93. The van der Waals surface area contributed by atoms with Crippen molar-refractivity contribution < 1.29 is 19.1 Å². The number of anilines is 2. The molecule has 0 atom stereocenters. The number of aromatic carboxylic acids is 1. The lowest BCUT2D eigenvalue weighted by Gasteiger charge is -2.10. The molecule has 0 unspecified atom stereocenters. The van der Waals surface area contributed by atoms with Crippen LogP contribution < -0.4 is 10.6 Å². The van der Waals surface area contributed by atoms with Crippen LogP contribution in [0.25, 0.3) is 0 Å². The summed E-state index contributed by atoms with van der Waals surface area (Å²) in [6.45, 7) is 0. The number of carboxylic acids is 1. The van der Waals surface area contributed by atoms with Crippen LogP contribution in [0, 0.1) is 5.82 Å². The van der Waals surface area contributed by atoms with E-state index in [1.165, 1.54) is 36.4 Å². The smallest absolute Gasteiger partial charge is 0.337 e. The third-order valence-corrected chi connectivity index (χ3v) is 2.78. The van der Waals surface area contributed by atoms with Crippen molar-refractivity contribution in [3.05, 3.63) is 58.9 Å². The average Bonchev–Trinajstić information content (AvgIpc) is 2.40. The number of rotatable bonds is 3. The Balaban J connectivity index is 2.15. The second-order valence-electron chi connectivity index (χ2n) is 4.08. The Hall–Kier alpha value is -2.60. The zero-order valence-electron chi connectivity index (χ0n) is 10.6. The Bertz CT molecular complexity index is 706. The minimum Gasteiger partial charge on any atom is -0.478 e. The monoisotopic (exact) mass is 308 g/mol. The van der Waals surface area contributed by atoms with E-state index in [9.17, 15) is 14.0 Å². The van der Waals surface area contributed by atoms with E-state index in [2.05, 4.69) is 10.6 Å². The summed E-state index contributed by atoms with van der Waals surface area (Å²) in [7, 11) is 0. The minimum atomic E-state index is -1.22. The predicted octanol–water partition coefficient (Wildman–Crippen LogP) is 3.82. The van der Waals surface area contributed by atoms with E-state index < -0.39 is 17.8 Å². The van der Waals surface area contributed by atoms with E-state index in [0.717, 1.165) is 6.07 Å². The number of benzene rings is 2. The number of carbonyl (C=O) groups is 2. The van der Waals surface area contributed by atoms with Crippen LogP contribution in [0.2, 0.25) is 5.02 Å². The van der Waals surface area contributed by atoms with Gasteiger partial charge in [-0.2, -0.15) is 0 Å². The molecule has 0 heterocycles. The highest BCUT2D eigenvalue weighted by atomic mass is 35.5. The van der Waals surface area contributed by atoms with Gasteiger partial charge in [0.15, 0.2) is 0 Å². The molecule has 0 spiro atoms. The fourth-order valence-corrected chi connectivity index (χ4v) is 1.83. The molecule has 2 aromatic rings. The first-order valence-electron chi connectivity index (χ1n) is 5.82. The molecule has 2 aromatic carbocycles. The maximum atomic E-state index is 13.0. The molecule has 0 saturated heterocycles. The van der Waals surface area contributed by atoms with Crippen LogP contribution in [-0.4, -0.2) is 17.1 Å². The SMILES string of the molecule is O=C(Nc1cccc(F)c1)Nc1ccc(Cl)cc1C(=O)O. The van der Waals surface area contributed by atoms with Crippen LogP contribution in [0.3, 0.4) is 0 Å². The predicted molar refractivity (Wildman–Crippen MR) is 77.5 cm³/mol. The van der Waals surface area contributed by atoms with Gasteiger partial charge in [0.2, 0.25) is 0 Å². The number of carbonyl (C=O) groups excluding carboxylic acids is 1. The molecule has 0 aliphatic rings. The largest absolute Gasteiger partial charge is 0.478 e. The van der Waals surface area contributed by atoms with E-state index in [1.54, 1.807) is 0 Å². The number of nitrogens with one attached hydrogen (secondary N) is 2. The van der Waals surface area contributed by atoms with Crippen LogP contribution in [0.15, 0.2) is 42.5 Å². The molecular formula is C14H10ClFN2O3. The van der Waals surface area contributed by atoms with Crippen molar-refractivity contribution in [2.75, 3.05) is 10.6 Å². The van der Waals surface area contributed by atoms with Gasteiger partial charge in [-0.05, 0) is 36.4 Å². The van der Waals surface area contributed by atoms with Gasteiger partial charge < -0.3 is 15.7 Å². The van der Waals surface area contributed by atoms with Crippen molar-refractivity contribution in [2.45, 2.75) is 0 Å². The molecule has 2 rings (SSSR count). The normalized spacial score (nSPS) is 10.0. The molecule has 7 heteroatoms. The Kier molecular flexibility index (Phi) is 4.39. The van der Waals surface area contributed by atoms with Crippen LogP contribution in [0.5, 0.6) is 0 Å². The summed E-state index contributed by atoms with van der Waals surface area (Å²) in [5, 5.41) is 14.1. The molecule has 0 saturated carbocycles. The van der Waals surface area contributed by atoms with Crippen molar-refractivity contribution >= 4 is 35.0 Å². The van der Waals surface area contributed by atoms with Gasteiger partial charge in [-0.25, -0.2) is 14.0 Å². The zero-order chi connectivity index (χ0) is 15.4. The zero-order valence-corrected chi connectivity index (χ0v) is 11.3. The first-order valence-corrected chi connectivity index (χ1v) is 6.20. The van der Waals surface area contributed by atoms with Crippen molar-refractivity contribution in [2.24, 2.45) is 0 Å². The van der Waals surface area contributed by atoms with E-state index >= 15 is 0 Å². The van der Waals surface area contributed by atoms with E-state index in [4.69, 9.17) is 16.7 Å². The van der Waals surface area contributed by atoms with Crippen molar-refractivity contribution in [1.29, 1.82) is 0 Å². The van der Waals surface area contributed by atoms with E-state index in [0.29, 0.717) is 0 Å². The fourth-order valence-electron chi connectivity index (χ4n) is 1.65. The summed E-state index contributed by atoms with van der Waals surface area (Å²) in [5.74, 6) is -1.72. The highest BCUT2D eigenvalue weighted by Crippen LogP contribution is 2.21. The lowest BCUT2D eigenvalue weighted by Crippen LogP contribution is -2.21. The molecule has 0 radical (unpaired) electrons. The van der Waals surface area contributed by atoms with Crippen molar-refractivity contribution in [3.63, 3.8) is 0 Å². The van der Waals surface area contributed by atoms with Gasteiger partial charge in [0, 0.05) is 10.7 Å².